The van der Waals surface area contributed by atoms with Gasteiger partial charge in [0, 0.05) is 6.04 Å². The second-order valence-electron chi connectivity index (χ2n) is 5.03. The third-order valence-electron chi connectivity index (χ3n) is 3.36. The van der Waals surface area contributed by atoms with E-state index < -0.39 is 0 Å². The Balaban J connectivity index is 1.58. The van der Waals surface area contributed by atoms with Crippen molar-refractivity contribution in [2.45, 2.75) is 32.0 Å². The molecule has 104 valence electrons. The number of amides is 1. The monoisotopic (exact) mass is 287 g/mol. The second kappa shape index (κ2) is 6.09. The van der Waals surface area contributed by atoms with Gasteiger partial charge in [0.1, 0.15) is 6.61 Å². The smallest absolute Gasteiger partial charge is 0.410 e. The van der Waals surface area contributed by atoms with Gasteiger partial charge in [0.05, 0.1) is 6.54 Å². The molecule has 0 bridgehead atoms. The molecule has 3 rings (SSSR count). The van der Waals surface area contributed by atoms with Crippen LogP contribution in [-0.2, 0) is 17.9 Å². The molecule has 0 spiro atoms. The number of hydrogen-bond donors (Lipinski definition) is 0. The topological polar surface area (TPSA) is 29.5 Å². The van der Waals surface area contributed by atoms with Gasteiger partial charge in [0.15, 0.2) is 0 Å². The van der Waals surface area contributed by atoms with Crippen molar-refractivity contribution in [1.82, 2.24) is 4.90 Å². The van der Waals surface area contributed by atoms with Crippen LogP contribution < -0.4 is 0 Å². The summed E-state index contributed by atoms with van der Waals surface area (Å²) in [6, 6.07) is 12.2. The standard InChI is InChI=1S/C16H17NO2S/c18-16(19-11-13-4-2-1-3-5-13)17(15-6-7-15)10-14-8-9-20-12-14/h1-5,8-9,12,15H,6-7,10-11H2. The van der Waals surface area contributed by atoms with Crippen molar-refractivity contribution >= 4 is 17.4 Å². The van der Waals surface area contributed by atoms with Gasteiger partial charge in [-0.3, -0.25) is 0 Å². The van der Waals surface area contributed by atoms with E-state index in [1.807, 2.05) is 40.6 Å². The summed E-state index contributed by atoms with van der Waals surface area (Å²) in [5.74, 6) is 0. The maximum absolute atomic E-state index is 12.2. The number of carbonyl (C=O) groups excluding carboxylic acids is 1. The summed E-state index contributed by atoms with van der Waals surface area (Å²) in [4.78, 5) is 14.1. The molecular formula is C16H17NO2S. The van der Waals surface area contributed by atoms with E-state index in [1.54, 1.807) is 11.3 Å². The molecule has 1 fully saturated rings. The van der Waals surface area contributed by atoms with E-state index in [2.05, 4.69) is 11.4 Å². The average Bonchev–Trinajstić information content (AvgIpc) is 3.20. The van der Waals surface area contributed by atoms with Crippen LogP contribution in [0, 0.1) is 0 Å². The highest BCUT2D eigenvalue weighted by atomic mass is 32.1. The van der Waals surface area contributed by atoms with Crippen molar-refractivity contribution in [2.24, 2.45) is 0 Å². The number of carbonyl (C=O) groups is 1. The molecule has 4 heteroatoms. The quantitative estimate of drug-likeness (QED) is 0.830. The van der Waals surface area contributed by atoms with E-state index in [0.29, 0.717) is 19.2 Å². The van der Waals surface area contributed by atoms with E-state index >= 15 is 0 Å². The Morgan fingerprint density at radius 1 is 1.20 bits per heavy atom. The van der Waals surface area contributed by atoms with Crippen molar-refractivity contribution in [3.63, 3.8) is 0 Å². The molecule has 0 saturated heterocycles. The van der Waals surface area contributed by atoms with Crippen LogP contribution >= 0.6 is 11.3 Å². The molecule has 1 aromatic carbocycles. The molecule has 1 heterocycles. The molecule has 1 aliphatic rings. The maximum Gasteiger partial charge on any atom is 0.410 e. The number of hydrogen-bond acceptors (Lipinski definition) is 3. The van der Waals surface area contributed by atoms with Crippen molar-refractivity contribution < 1.29 is 9.53 Å². The normalized spacial score (nSPS) is 14.0. The minimum Gasteiger partial charge on any atom is -0.445 e. The molecular weight excluding hydrogens is 270 g/mol. The highest BCUT2D eigenvalue weighted by Crippen LogP contribution is 2.29. The Bertz CT molecular complexity index is 549. The average molecular weight is 287 g/mol. The van der Waals surface area contributed by atoms with E-state index in [0.717, 1.165) is 18.4 Å². The van der Waals surface area contributed by atoms with Crippen molar-refractivity contribution in [1.29, 1.82) is 0 Å². The van der Waals surface area contributed by atoms with Gasteiger partial charge in [0.2, 0.25) is 0 Å². The van der Waals surface area contributed by atoms with Crippen molar-refractivity contribution in [3.8, 4) is 0 Å². The van der Waals surface area contributed by atoms with E-state index in [9.17, 15) is 4.79 Å². The number of thiophene rings is 1. The van der Waals surface area contributed by atoms with Crippen molar-refractivity contribution in [2.75, 3.05) is 0 Å². The lowest BCUT2D eigenvalue weighted by Crippen LogP contribution is -2.32. The summed E-state index contributed by atoms with van der Waals surface area (Å²) in [7, 11) is 0. The van der Waals surface area contributed by atoms with Crippen LogP contribution in [0.3, 0.4) is 0 Å². The fourth-order valence-corrected chi connectivity index (χ4v) is 2.77. The minimum absolute atomic E-state index is 0.206. The first kappa shape index (κ1) is 13.2. The zero-order valence-corrected chi connectivity index (χ0v) is 12.0. The molecule has 0 atom stereocenters. The third-order valence-corrected chi connectivity index (χ3v) is 4.09. The summed E-state index contributed by atoms with van der Waals surface area (Å²) < 4.78 is 5.43. The number of rotatable bonds is 5. The predicted octanol–water partition coefficient (Wildman–Crippen LogP) is 4.05. The van der Waals surface area contributed by atoms with Gasteiger partial charge in [-0.25, -0.2) is 4.79 Å². The van der Waals surface area contributed by atoms with E-state index in [4.69, 9.17) is 4.74 Å². The van der Waals surface area contributed by atoms with Gasteiger partial charge in [-0.05, 0) is 40.8 Å². The first-order valence-electron chi connectivity index (χ1n) is 6.81. The molecule has 1 aliphatic carbocycles. The van der Waals surface area contributed by atoms with Gasteiger partial charge in [-0.2, -0.15) is 11.3 Å². The Labute approximate surface area is 122 Å². The van der Waals surface area contributed by atoms with Gasteiger partial charge in [-0.15, -0.1) is 0 Å². The lowest BCUT2D eigenvalue weighted by Gasteiger charge is -2.21. The maximum atomic E-state index is 12.2. The molecule has 0 unspecified atom stereocenters. The number of ether oxygens (including phenoxy) is 1. The molecule has 0 aliphatic heterocycles. The van der Waals surface area contributed by atoms with Gasteiger partial charge < -0.3 is 9.64 Å². The van der Waals surface area contributed by atoms with E-state index in [1.165, 1.54) is 5.56 Å². The summed E-state index contributed by atoms with van der Waals surface area (Å²) in [6.45, 7) is 0.994. The molecule has 20 heavy (non-hydrogen) atoms. The SMILES string of the molecule is O=C(OCc1ccccc1)N(Cc1ccsc1)C1CC1. The zero-order valence-electron chi connectivity index (χ0n) is 11.2. The molecule has 1 saturated carbocycles. The second-order valence-corrected chi connectivity index (χ2v) is 5.81. The molecule has 2 aromatic rings. The van der Waals surface area contributed by atoms with Gasteiger partial charge in [-0.1, -0.05) is 30.3 Å². The first-order chi connectivity index (χ1) is 9.83. The molecule has 0 N–H and O–H groups in total. The van der Waals surface area contributed by atoms with Gasteiger partial charge >= 0.3 is 6.09 Å². The van der Waals surface area contributed by atoms with Crippen LogP contribution in [0.25, 0.3) is 0 Å². The summed E-state index contributed by atoms with van der Waals surface area (Å²) in [6.07, 6.45) is 1.97. The fourth-order valence-electron chi connectivity index (χ4n) is 2.11. The van der Waals surface area contributed by atoms with Crippen LogP contribution in [-0.4, -0.2) is 17.0 Å². The van der Waals surface area contributed by atoms with Crippen LogP contribution in [0.2, 0.25) is 0 Å². The Morgan fingerprint density at radius 2 is 2.00 bits per heavy atom. The van der Waals surface area contributed by atoms with Crippen molar-refractivity contribution in [3.05, 3.63) is 58.3 Å². The molecule has 3 nitrogen and oxygen atoms in total. The first-order valence-corrected chi connectivity index (χ1v) is 7.75. The Kier molecular flexibility index (Phi) is 4.02. The third kappa shape index (κ3) is 3.39. The summed E-state index contributed by atoms with van der Waals surface area (Å²) in [5, 5.41) is 4.12. The Morgan fingerprint density at radius 3 is 2.65 bits per heavy atom. The molecule has 1 amide bonds. The lowest BCUT2D eigenvalue weighted by atomic mass is 10.2. The summed E-state index contributed by atoms with van der Waals surface area (Å²) in [5.41, 5.74) is 2.20. The fraction of sp³-hybridized carbons (Fsp3) is 0.312. The van der Waals surface area contributed by atoms with Crippen LogP contribution in [0.5, 0.6) is 0 Å². The predicted molar refractivity (Wildman–Crippen MR) is 79.5 cm³/mol. The lowest BCUT2D eigenvalue weighted by molar-refractivity contribution is 0.0910. The number of nitrogens with zero attached hydrogens (tertiary/aromatic N) is 1. The highest BCUT2D eigenvalue weighted by molar-refractivity contribution is 7.07. The van der Waals surface area contributed by atoms with Crippen LogP contribution in [0.4, 0.5) is 4.79 Å². The van der Waals surface area contributed by atoms with Gasteiger partial charge in [0.25, 0.3) is 0 Å². The minimum atomic E-state index is -0.206. The zero-order chi connectivity index (χ0) is 13.8. The number of benzene rings is 1. The van der Waals surface area contributed by atoms with Crippen LogP contribution in [0.1, 0.15) is 24.0 Å². The Hall–Kier alpha value is -1.81. The molecule has 1 aromatic heterocycles. The summed E-state index contributed by atoms with van der Waals surface area (Å²) >= 11 is 1.66. The van der Waals surface area contributed by atoms with E-state index in [-0.39, 0.29) is 6.09 Å². The highest BCUT2D eigenvalue weighted by Gasteiger charge is 2.33. The largest absolute Gasteiger partial charge is 0.445 e. The van der Waals surface area contributed by atoms with Crippen LogP contribution in [0.15, 0.2) is 47.2 Å². The molecule has 0 radical (unpaired) electrons.